The van der Waals surface area contributed by atoms with E-state index in [1.807, 2.05) is 0 Å². The molecule has 0 spiro atoms. The minimum Gasteiger partial charge on any atom is -0.481 e. The largest absolute Gasteiger partial charge is 0.481 e. The van der Waals surface area contributed by atoms with E-state index in [-0.39, 0.29) is 6.42 Å². The van der Waals surface area contributed by atoms with Crippen LogP contribution in [0.2, 0.25) is 0 Å². The van der Waals surface area contributed by atoms with Gasteiger partial charge in [-0.05, 0) is 12.8 Å². The highest BCUT2D eigenvalue weighted by molar-refractivity contribution is 6.40. The van der Waals surface area contributed by atoms with Crippen molar-refractivity contribution in [3.05, 3.63) is 0 Å². The number of carboxylic acid groups (broad SMARTS) is 1. The second kappa shape index (κ2) is 26.9. The van der Waals surface area contributed by atoms with Crippen LogP contribution in [0, 0.1) is 5.92 Å². The van der Waals surface area contributed by atoms with Crippen LogP contribution >= 0.6 is 0 Å². The van der Waals surface area contributed by atoms with Gasteiger partial charge in [0, 0.05) is 6.42 Å². The molecule has 0 aliphatic carbocycles. The van der Waals surface area contributed by atoms with E-state index in [9.17, 15) is 19.5 Å². The number of unbranched alkanes of at least 4 members (excludes halogenated alkanes) is 22. The predicted molar refractivity (Wildman–Crippen MR) is 153 cm³/mol. The fourth-order valence-electron chi connectivity index (χ4n) is 5.00. The van der Waals surface area contributed by atoms with Crippen molar-refractivity contribution < 1.29 is 19.5 Å². The molecule has 1 N–H and O–H groups in total. The molecule has 0 radical (unpaired) electrons. The number of ketones is 2. The number of aliphatic carboxylic acids is 1. The Balaban J connectivity index is 3.75. The maximum atomic E-state index is 12.4. The van der Waals surface area contributed by atoms with Gasteiger partial charge in [0.1, 0.15) is 5.92 Å². The molecule has 0 amide bonds. The van der Waals surface area contributed by atoms with Gasteiger partial charge in [0.2, 0.25) is 5.78 Å². The molecule has 0 saturated heterocycles. The van der Waals surface area contributed by atoms with E-state index >= 15 is 0 Å². The highest BCUT2D eigenvalue weighted by atomic mass is 16.4. The molecule has 0 aromatic carbocycles. The first-order valence-electron chi connectivity index (χ1n) is 15.8. The summed E-state index contributed by atoms with van der Waals surface area (Å²) in [6, 6.07) is 0. The van der Waals surface area contributed by atoms with Crippen LogP contribution in [0.4, 0.5) is 0 Å². The Morgan fingerprint density at radius 3 is 1.11 bits per heavy atom. The lowest BCUT2D eigenvalue weighted by Gasteiger charge is -2.10. The third-order valence-corrected chi connectivity index (χ3v) is 7.49. The molecule has 0 aliphatic rings. The fourth-order valence-corrected chi connectivity index (χ4v) is 5.00. The summed E-state index contributed by atoms with van der Waals surface area (Å²) in [6.45, 7) is 4.49. The molecule has 0 heterocycles. The molecule has 4 nitrogen and oxygen atoms in total. The Hall–Kier alpha value is -1.19. The number of carboxylic acids is 1. The highest BCUT2D eigenvalue weighted by Crippen LogP contribution is 2.17. The summed E-state index contributed by atoms with van der Waals surface area (Å²) in [7, 11) is 0. The second-order valence-electron chi connectivity index (χ2n) is 11.0. The summed E-state index contributed by atoms with van der Waals surface area (Å²) < 4.78 is 0. The minimum atomic E-state index is -1.14. The standard InChI is InChI=1S/C32H60O4/c1-3-5-7-9-11-13-15-17-19-21-23-25-27-29(32(35)36)31(34)30(33)28-26-24-22-20-18-16-14-12-10-8-6-4-2/h29H,3-28H2,1-2H3,(H,35,36). The molecular formula is C32H60O4. The lowest BCUT2D eigenvalue weighted by molar-refractivity contribution is -0.150. The third kappa shape index (κ3) is 22.0. The van der Waals surface area contributed by atoms with Crippen LogP contribution in [-0.2, 0) is 14.4 Å². The molecule has 0 aromatic rings. The van der Waals surface area contributed by atoms with Gasteiger partial charge < -0.3 is 5.11 Å². The average molecular weight is 509 g/mol. The molecule has 0 fully saturated rings. The Labute approximate surface area is 223 Å². The van der Waals surface area contributed by atoms with Gasteiger partial charge in [-0.3, -0.25) is 14.4 Å². The maximum absolute atomic E-state index is 12.4. The van der Waals surface area contributed by atoms with E-state index in [1.165, 1.54) is 116 Å². The molecule has 0 rings (SSSR count). The Morgan fingerprint density at radius 2 is 0.778 bits per heavy atom. The van der Waals surface area contributed by atoms with Crippen molar-refractivity contribution in [3.63, 3.8) is 0 Å². The number of rotatable bonds is 29. The summed E-state index contributed by atoms with van der Waals surface area (Å²) in [5.74, 6) is -3.42. The van der Waals surface area contributed by atoms with Gasteiger partial charge in [0.25, 0.3) is 0 Å². The molecule has 36 heavy (non-hydrogen) atoms. The van der Waals surface area contributed by atoms with Crippen LogP contribution in [0.3, 0.4) is 0 Å². The summed E-state index contributed by atoms with van der Waals surface area (Å²) in [6.07, 6.45) is 29.5. The van der Waals surface area contributed by atoms with E-state index < -0.39 is 23.5 Å². The molecule has 0 saturated carbocycles. The van der Waals surface area contributed by atoms with Gasteiger partial charge >= 0.3 is 5.97 Å². The van der Waals surface area contributed by atoms with Crippen molar-refractivity contribution in [1.82, 2.24) is 0 Å². The van der Waals surface area contributed by atoms with Crippen molar-refractivity contribution >= 4 is 17.5 Å². The van der Waals surface area contributed by atoms with Gasteiger partial charge in [-0.25, -0.2) is 0 Å². The molecule has 1 unspecified atom stereocenters. The quantitative estimate of drug-likeness (QED) is 0.0619. The Bertz CT molecular complexity index is 528. The zero-order valence-electron chi connectivity index (χ0n) is 24.1. The van der Waals surface area contributed by atoms with Crippen molar-refractivity contribution in [2.24, 2.45) is 5.92 Å². The van der Waals surface area contributed by atoms with Crippen LogP contribution in [-0.4, -0.2) is 22.6 Å². The van der Waals surface area contributed by atoms with Gasteiger partial charge in [0.15, 0.2) is 5.78 Å². The van der Waals surface area contributed by atoms with Crippen molar-refractivity contribution in [3.8, 4) is 0 Å². The number of carbonyl (C=O) groups excluding carboxylic acids is 2. The van der Waals surface area contributed by atoms with Crippen LogP contribution in [0.5, 0.6) is 0 Å². The van der Waals surface area contributed by atoms with Crippen molar-refractivity contribution in [1.29, 1.82) is 0 Å². The number of Topliss-reactive ketones (excluding diaryl/α,β-unsaturated/α-hetero) is 2. The van der Waals surface area contributed by atoms with Gasteiger partial charge in [-0.15, -0.1) is 0 Å². The predicted octanol–water partition coefficient (Wildman–Crippen LogP) is 10.0. The topological polar surface area (TPSA) is 71.4 Å². The first-order valence-corrected chi connectivity index (χ1v) is 15.8. The summed E-state index contributed by atoms with van der Waals surface area (Å²) in [5, 5.41) is 9.47. The molecule has 4 heteroatoms. The fraction of sp³-hybridized carbons (Fsp3) is 0.906. The monoisotopic (exact) mass is 508 g/mol. The minimum absolute atomic E-state index is 0.207. The number of hydrogen-bond acceptors (Lipinski definition) is 3. The maximum Gasteiger partial charge on any atom is 0.314 e. The van der Waals surface area contributed by atoms with Crippen LogP contribution in [0.1, 0.15) is 181 Å². The SMILES string of the molecule is CCCCCCCCCCCCCCC(=O)C(=O)C(CCCCCCCCCCCCCC)C(=O)O. The zero-order valence-corrected chi connectivity index (χ0v) is 24.1. The second-order valence-corrected chi connectivity index (χ2v) is 11.0. The third-order valence-electron chi connectivity index (χ3n) is 7.49. The number of carbonyl (C=O) groups is 3. The smallest absolute Gasteiger partial charge is 0.314 e. The normalized spacial score (nSPS) is 12.1. The molecule has 212 valence electrons. The number of hydrogen-bond donors (Lipinski definition) is 1. The Kier molecular flexibility index (Phi) is 26.0. The van der Waals surface area contributed by atoms with Crippen LogP contribution in [0.25, 0.3) is 0 Å². The molecule has 0 aromatic heterocycles. The highest BCUT2D eigenvalue weighted by Gasteiger charge is 2.30. The molecule has 0 aliphatic heterocycles. The van der Waals surface area contributed by atoms with Gasteiger partial charge in [-0.1, -0.05) is 162 Å². The summed E-state index contributed by atoms with van der Waals surface area (Å²) >= 11 is 0. The van der Waals surface area contributed by atoms with Crippen molar-refractivity contribution in [2.45, 2.75) is 181 Å². The molecule has 0 bridgehead atoms. The lowest BCUT2D eigenvalue weighted by atomic mass is 9.92. The zero-order chi connectivity index (χ0) is 26.7. The first-order chi connectivity index (χ1) is 17.5. The van der Waals surface area contributed by atoms with E-state index in [0.717, 1.165) is 25.7 Å². The first kappa shape index (κ1) is 34.8. The molecule has 1 atom stereocenters. The average Bonchev–Trinajstić information content (AvgIpc) is 2.86. The van der Waals surface area contributed by atoms with Crippen molar-refractivity contribution in [2.75, 3.05) is 0 Å². The van der Waals surface area contributed by atoms with Gasteiger partial charge in [-0.2, -0.15) is 0 Å². The van der Waals surface area contributed by atoms with E-state index in [0.29, 0.717) is 19.3 Å². The van der Waals surface area contributed by atoms with Gasteiger partial charge in [0.05, 0.1) is 0 Å². The Morgan fingerprint density at radius 1 is 0.472 bits per heavy atom. The molecular weight excluding hydrogens is 448 g/mol. The van der Waals surface area contributed by atoms with E-state index in [1.54, 1.807) is 0 Å². The summed E-state index contributed by atoms with van der Waals surface area (Å²) in [4.78, 5) is 36.3. The van der Waals surface area contributed by atoms with Crippen LogP contribution < -0.4 is 0 Å². The summed E-state index contributed by atoms with van der Waals surface area (Å²) in [5.41, 5.74) is 0. The lowest BCUT2D eigenvalue weighted by Crippen LogP contribution is -2.30. The van der Waals surface area contributed by atoms with Crippen LogP contribution in [0.15, 0.2) is 0 Å². The van der Waals surface area contributed by atoms with E-state index in [2.05, 4.69) is 13.8 Å². The van der Waals surface area contributed by atoms with E-state index in [4.69, 9.17) is 0 Å².